The minimum Gasteiger partial charge on any atom is -0.298 e. The third kappa shape index (κ3) is 2.44. The Morgan fingerprint density at radius 2 is 1.61 bits per heavy atom. The Hall–Kier alpha value is -2.81. The number of hydrogen-bond donors (Lipinski definition) is 0. The molecule has 0 saturated heterocycles. The van der Waals surface area contributed by atoms with Crippen molar-refractivity contribution in [2.45, 2.75) is 13.3 Å². The Kier molecular flexibility index (Phi) is 3.78. The molecule has 1 unspecified atom stereocenters. The molecule has 0 heterocycles. The third-order valence-electron chi connectivity index (χ3n) is 4.28. The van der Waals surface area contributed by atoms with Crippen molar-refractivity contribution in [3.63, 3.8) is 0 Å². The zero-order chi connectivity index (χ0) is 16.4. The van der Waals surface area contributed by atoms with E-state index in [1.807, 2.05) is 36.4 Å². The van der Waals surface area contributed by atoms with E-state index < -0.39 is 17.0 Å². The first kappa shape index (κ1) is 15.1. The van der Waals surface area contributed by atoms with E-state index in [4.69, 9.17) is 0 Å². The topological polar surface area (TPSA) is 51.2 Å². The molecule has 3 nitrogen and oxygen atoms in total. The maximum atomic E-state index is 12.9. The Morgan fingerprint density at radius 3 is 2.30 bits per heavy atom. The van der Waals surface area contributed by atoms with Gasteiger partial charge in [0.1, 0.15) is 0 Å². The Bertz CT molecular complexity index is 818. The molecule has 1 aliphatic rings. The number of hydrogen-bond acceptors (Lipinski definition) is 3. The predicted octanol–water partition coefficient (Wildman–Crippen LogP) is 3.28. The summed E-state index contributed by atoms with van der Waals surface area (Å²) in [4.78, 5) is 38.1. The van der Waals surface area contributed by atoms with Crippen LogP contribution < -0.4 is 0 Å². The van der Waals surface area contributed by atoms with Gasteiger partial charge in [-0.25, -0.2) is 0 Å². The van der Waals surface area contributed by atoms with Gasteiger partial charge in [0.05, 0.1) is 0 Å². The number of rotatable bonds is 4. The van der Waals surface area contributed by atoms with E-state index in [2.05, 4.69) is 0 Å². The van der Waals surface area contributed by atoms with Gasteiger partial charge in [0.25, 0.3) is 0 Å². The van der Waals surface area contributed by atoms with E-state index >= 15 is 0 Å². The highest BCUT2D eigenvalue weighted by atomic mass is 16.2. The lowest BCUT2D eigenvalue weighted by Gasteiger charge is -2.29. The van der Waals surface area contributed by atoms with Gasteiger partial charge in [-0.15, -0.1) is 0 Å². The summed E-state index contributed by atoms with van der Waals surface area (Å²) in [5.41, 5.74) is 0.246. The molecule has 2 aromatic rings. The van der Waals surface area contributed by atoms with Crippen LogP contribution in [0.3, 0.4) is 0 Å². The normalized spacial score (nSPS) is 19.3. The maximum absolute atomic E-state index is 12.9. The van der Waals surface area contributed by atoms with E-state index in [0.717, 1.165) is 11.1 Å². The SMILES string of the molecule is CC(=O)C1(C(=O)Cc2ccccc2)C=Cc2ccccc2C1=O. The average molecular weight is 304 g/mol. The molecule has 1 aliphatic carbocycles. The molecule has 3 heteroatoms. The van der Waals surface area contributed by atoms with Crippen LogP contribution in [0.25, 0.3) is 6.08 Å². The Labute approximate surface area is 134 Å². The van der Waals surface area contributed by atoms with Crippen LogP contribution in [0.15, 0.2) is 60.7 Å². The number of allylic oxidation sites excluding steroid dienone is 1. The molecule has 0 spiro atoms. The van der Waals surface area contributed by atoms with Gasteiger partial charge >= 0.3 is 0 Å². The summed E-state index contributed by atoms with van der Waals surface area (Å²) in [6.07, 6.45) is 3.21. The highest BCUT2D eigenvalue weighted by molar-refractivity contribution is 6.32. The van der Waals surface area contributed by atoms with Crippen molar-refractivity contribution in [3.05, 3.63) is 77.4 Å². The number of ketones is 3. The van der Waals surface area contributed by atoms with Gasteiger partial charge in [0.15, 0.2) is 22.8 Å². The standard InChI is InChI=1S/C20H16O3/c1-14(21)20(18(22)13-15-7-3-2-4-8-15)12-11-16-9-5-6-10-17(16)19(20)23/h2-12H,13H2,1H3. The molecule has 3 rings (SSSR count). The number of carbonyl (C=O) groups excluding carboxylic acids is 3. The maximum Gasteiger partial charge on any atom is 0.188 e. The molecular formula is C20H16O3. The first-order chi connectivity index (χ1) is 11.1. The summed E-state index contributed by atoms with van der Waals surface area (Å²) in [5, 5.41) is 0. The fraction of sp³-hybridized carbons (Fsp3) is 0.150. The van der Waals surface area contributed by atoms with Crippen molar-refractivity contribution in [3.8, 4) is 0 Å². The van der Waals surface area contributed by atoms with Crippen molar-refractivity contribution in [2.24, 2.45) is 5.41 Å². The smallest absolute Gasteiger partial charge is 0.188 e. The average Bonchev–Trinajstić information content (AvgIpc) is 2.56. The van der Waals surface area contributed by atoms with Gasteiger partial charge in [-0.2, -0.15) is 0 Å². The first-order valence-electron chi connectivity index (χ1n) is 7.47. The highest BCUT2D eigenvalue weighted by Crippen LogP contribution is 2.35. The van der Waals surface area contributed by atoms with Crippen LogP contribution in [0.5, 0.6) is 0 Å². The van der Waals surface area contributed by atoms with Crippen molar-refractivity contribution < 1.29 is 14.4 Å². The highest BCUT2D eigenvalue weighted by Gasteiger charge is 2.49. The largest absolute Gasteiger partial charge is 0.298 e. The van der Waals surface area contributed by atoms with Gasteiger partial charge in [0, 0.05) is 12.0 Å². The lowest BCUT2D eigenvalue weighted by Crippen LogP contribution is -2.46. The van der Waals surface area contributed by atoms with Crippen LogP contribution in [-0.2, 0) is 16.0 Å². The number of benzene rings is 2. The van der Waals surface area contributed by atoms with E-state index in [1.165, 1.54) is 13.0 Å². The summed E-state index contributed by atoms with van der Waals surface area (Å²) in [6.45, 7) is 1.30. The monoisotopic (exact) mass is 304 g/mol. The molecule has 0 aliphatic heterocycles. The van der Waals surface area contributed by atoms with Crippen molar-refractivity contribution in [2.75, 3.05) is 0 Å². The molecule has 2 aromatic carbocycles. The molecule has 0 fully saturated rings. The van der Waals surface area contributed by atoms with Crippen molar-refractivity contribution >= 4 is 23.4 Å². The van der Waals surface area contributed by atoms with E-state index in [1.54, 1.807) is 24.3 Å². The van der Waals surface area contributed by atoms with Gasteiger partial charge in [-0.05, 0) is 18.1 Å². The molecule has 114 valence electrons. The van der Waals surface area contributed by atoms with Gasteiger partial charge in [0.2, 0.25) is 0 Å². The molecule has 0 saturated carbocycles. The summed E-state index contributed by atoms with van der Waals surface area (Å²) in [7, 11) is 0. The second kappa shape index (κ2) is 5.76. The molecule has 0 aromatic heterocycles. The third-order valence-corrected chi connectivity index (χ3v) is 4.28. The summed E-state index contributed by atoms with van der Waals surface area (Å²) in [5.74, 6) is -1.25. The van der Waals surface area contributed by atoms with Crippen LogP contribution in [0.4, 0.5) is 0 Å². The number of Topliss-reactive ketones (excluding diaryl/α,β-unsaturated/α-hetero) is 3. The first-order valence-corrected chi connectivity index (χ1v) is 7.47. The summed E-state index contributed by atoms with van der Waals surface area (Å²) < 4.78 is 0. The molecular weight excluding hydrogens is 288 g/mol. The fourth-order valence-corrected chi connectivity index (χ4v) is 2.97. The molecule has 23 heavy (non-hydrogen) atoms. The molecule has 0 N–H and O–H groups in total. The van der Waals surface area contributed by atoms with Gasteiger partial charge in [-0.3, -0.25) is 14.4 Å². The summed E-state index contributed by atoms with van der Waals surface area (Å²) >= 11 is 0. The molecule has 0 radical (unpaired) electrons. The van der Waals surface area contributed by atoms with Crippen LogP contribution in [0, 0.1) is 5.41 Å². The second-order valence-electron chi connectivity index (χ2n) is 5.70. The predicted molar refractivity (Wildman–Crippen MR) is 88.1 cm³/mol. The lowest BCUT2D eigenvalue weighted by atomic mass is 9.68. The van der Waals surface area contributed by atoms with Gasteiger partial charge < -0.3 is 0 Å². The zero-order valence-corrected chi connectivity index (χ0v) is 12.8. The number of carbonyl (C=O) groups is 3. The van der Waals surface area contributed by atoms with E-state index in [9.17, 15) is 14.4 Å². The van der Waals surface area contributed by atoms with E-state index in [-0.39, 0.29) is 12.2 Å². The van der Waals surface area contributed by atoms with Crippen LogP contribution in [0.2, 0.25) is 0 Å². The van der Waals surface area contributed by atoms with E-state index in [0.29, 0.717) is 5.56 Å². The van der Waals surface area contributed by atoms with Crippen LogP contribution >= 0.6 is 0 Å². The zero-order valence-electron chi connectivity index (χ0n) is 12.8. The Balaban J connectivity index is 2.04. The molecule has 1 atom stereocenters. The minimum absolute atomic E-state index is 0.0542. The second-order valence-corrected chi connectivity index (χ2v) is 5.70. The Morgan fingerprint density at radius 1 is 0.957 bits per heavy atom. The van der Waals surface area contributed by atoms with Crippen molar-refractivity contribution in [1.29, 1.82) is 0 Å². The minimum atomic E-state index is -1.70. The van der Waals surface area contributed by atoms with Crippen LogP contribution in [0.1, 0.15) is 28.4 Å². The number of fused-ring (bicyclic) bond motifs is 1. The van der Waals surface area contributed by atoms with Crippen molar-refractivity contribution in [1.82, 2.24) is 0 Å². The lowest BCUT2D eigenvalue weighted by molar-refractivity contribution is -0.133. The quantitative estimate of drug-likeness (QED) is 0.815. The molecule has 0 amide bonds. The summed E-state index contributed by atoms with van der Waals surface area (Å²) in [6, 6.07) is 16.2. The fourth-order valence-electron chi connectivity index (χ4n) is 2.97. The molecule has 0 bridgehead atoms. The van der Waals surface area contributed by atoms with Crippen LogP contribution in [-0.4, -0.2) is 17.3 Å². The van der Waals surface area contributed by atoms with Gasteiger partial charge in [-0.1, -0.05) is 66.7 Å².